The average Bonchev–Trinajstić information content (AvgIpc) is 2.89. The van der Waals surface area contributed by atoms with Crippen LogP contribution >= 0.6 is 0 Å². The highest BCUT2D eigenvalue weighted by molar-refractivity contribution is 6.00. The lowest BCUT2D eigenvalue weighted by Crippen LogP contribution is -2.76. The molecule has 7 heteroatoms. The maximum absolute atomic E-state index is 12.5. The molecule has 0 unspecified atom stereocenters. The van der Waals surface area contributed by atoms with Gasteiger partial charge in [-0.05, 0) is 31.7 Å². The fraction of sp³-hybridized carbons (Fsp3) is 0.429. The minimum absolute atomic E-state index is 0.297. The Morgan fingerprint density at radius 2 is 2.05 bits per heavy atom. The number of nitrogens with one attached hydrogen (secondary N) is 1. The van der Waals surface area contributed by atoms with Crippen LogP contribution in [0.25, 0.3) is 5.65 Å². The van der Waals surface area contributed by atoms with E-state index in [4.69, 9.17) is 0 Å². The molecule has 2 aliphatic carbocycles. The summed E-state index contributed by atoms with van der Waals surface area (Å²) in [5.41, 5.74) is -0.494. The summed E-state index contributed by atoms with van der Waals surface area (Å²) in [5, 5.41) is 16.4. The smallest absolute Gasteiger partial charge is 0.312 e. The van der Waals surface area contributed by atoms with Gasteiger partial charge in [0.25, 0.3) is 5.91 Å². The second-order valence-electron chi connectivity index (χ2n) is 5.87. The second kappa shape index (κ2) is 3.81. The van der Waals surface area contributed by atoms with Crippen LogP contribution in [0.1, 0.15) is 36.0 Å². The van der Waals surface area contributed by atoms with Crippen LogP contribution in [-0.4, -0.2) is 37.1 Å². The first kappa shape index (κ1) is 12.3. The molecule has 2 N–H and O–H groups in total. The summed E-state index contributed by atoms with van der Waals surface area (Å²) in [6.07, 6.45) is 7.49. The van der Waals surface area contributed by atoms with Crippen molar-refractivity contribution in [3.8, 4) is 0 Å². The number of hydrogen-bond acceptors (Lipinski definition) is 4. The second-order valence-corrected chi connectivity index (χ2v) is 5.87. The van der Waals surface area contributed by atoms with E-state index in [9.17, 15) is 14.7 Å². The number of amides is 1. The van der Waals surface area contributed by atoms with E-state index >= 15 is 0 Å². The molecule has 1 amide bonds. The predicted octanol–water partition coefficient (Wildman–Crippen LogP) is 0.856. The van der Waals surface area contributed by atoms with E-state index < -0.39 is 16.9 Å². The Morgan fingerprint density at radius 3 is 2.67 bits per heavy atom. The zero-order chi connectivity index (χ0) is 14.7. The third kappa shape index (κ3) is 1.38. The molecule has 2 heterocycles. The summed E-state index contributed by atoms with van der Waals surface area (Å²) in [5.74, 6) is -1.10. The molecular weight excluding hydrogens is 272 g/mol. The highest BCUT2D eigenvalue weighted by Gasteiger charge is 2.70. The summed E-state index contributed by atoms with van der Waals surface area (Å²) < 4.78 is 1.53. The van der Waals surface area contributed by atoms with Crippen molar-refractivity contribution in [2.24, 2.45) is 5.41 Å². The van der Waals surface area contributed by atoms with Gasteiger partial charge in [0, 0.05) is 12.4 Å². The molecule has 4 rings (SSSR count). The quantitative estimate of drug-likeness (QED) is 0.872. The van der Waals surface area contributed by atoms with E-state index in [0.29, 0.717) is 24.1 Å². The van der Waals surface area contributed by atoms with E-state index in [1.165, 1.54) is 10.7 Å². The lowest BCUT2D eigenvalue weighted by Gasteiger charge is -2.65. The number of fused-ring (bicyclic) bond motifs is 2. The Bertz CT molecular complexity index is 758. The van der Waals surface area contributed by atoms with Gasteiger partial charge in [-0.1, -0.05) is 0 Å². The Hall–Kier alpha value is -2.44. The molecule has 108 valence electrons. The van der Waals surface area contributed by atoms with Crippen LogP contribution in [0.3, 0.4) is 0 Å². The predicted molar refractivity (Wildman–Crippen MR) is 71.7 cm³/mol. The molecule has 2 fully saturated rings. The highest BCUT2D eigenvalue weighted by Crippen LogP contribution is 2.64. The first-order valence-electron chi connectivity index (χ1n) is 6.92. The molecule has 0 bridgehead atoms. The molecule has 2 aromatic heterocycles. The van der Waals surface area contributed by atoms with Crippen molar-refractivity contribution < 1.29 is 14.7 Å². The van der Waals surface area contributed by atoms with Crippen molar-refractivity contribution in [2.45, 2.75) is 31.2 Å². The van der Waals surface area contributed by atoms with Gasteiger partial charge in [-0.3, -0.25) is 9.59 Å². The highest BCUT2D eigenvalue weighted by atomic mass is 16.4. The Kier molecular flexibility index (Phi) is 2.23. The molecule has 0 atom stereocenters. The van der Waals surface area contributed by atoms with Crippen LogP contribution in [-0.2, 0) is 4.79 Å². The van der Waals surface area contributed by atoms with E-state index in [1.54, 1.807) is 18.5 Å². The summed E-state index contributed by atoms with van der Waals surface area (Å²) in [4.78, 5) is 28.1. The number of carbonyl (C=O) groups is 2. The Balaban J connectivity index is 1.64. The van der Waals surface area contributed by atoms with Crippen molar-refractivity contribution in [2.75, 3.05) is 0 Å². The summed E-state index contributed by atoms with van der Waals surface area (Å²) in [6.45, 7) is 0. The number of hydrogen-bond donors (Lipinski definition) is 2. The molecule has 7 nitrogen and oxygen atoms in total. The number of carboxylic acid groups (broad SMARTS) is 1. The van der Waals surface area contributed by atoms with Crippen LogP contribution in [0, 0.1) is 5.41 Å². The summed E-state index contributed by atoms with van der Waals surface area (Å²) >= 11 is 0. The zero-order valence-electron chi connectivity index (χ0n) is 11.2. The van der Waals surface area contributed by atoms with Gasteiger partial charge >= 0.3 is 5.97 Å². The monoisotopic (exact) mass is 286 g/mol. The number of aliphatic carboxylic acids is 1. The van der Waals surface area contributed by atoms with Gasteiger partial charge in [-0.2, -0.15) is 5.10 Å². The van der Waals surface area contributed by atoms with E-state index in [-0.39, 0.29) is 5.91 Å². The Morgan fingerprint density at radius 1 is 1.29 bits per heavy atom. The first-order valence-corrected chi connectivity index (χ1v) is 6.92. The fourth-order valence-corrected chi connectivity index (χ4v) is 3.64. The van der Waals surface area contributed by atoms with Crippen LogP contribution < -0.4 is 5.32 Å². The molecule has 0 spiro atoms. The molecule has 0 saturated heterocycles. The van der Waals surface area contributed by atoms with E-state index in [2.05, 4.69) is 15.4 Å². The minimum atomic E-state index is -0.807. The maximum atomic E-state index is 12.5. The van der Waals surface area contributed by atoms with Gasteiger partial charge in [-0.25, -0.2) is 9.50 Å². The number of aromatic nitrogens is 3. The van der Waals surface area contributed by atoms with Crippen LogP contribution in [0.5, 0.6) is 0 Å². The number of carboxylic acids is 1. The van der Waals surface area contributed by atoms with Gasteiger partial charge in [-0.15, -0.1) is 0 Å². The standard InChI is InChI=1S/C14H14N4O3/c19-11(9-8-16-18-7-1-6-15-10(9)18)17-14-4-2-13(14,3-5-14)12(20)21/h1,6-8H,2-5H2,(H,17,19)(H,20,21). The van der Waals surface area contributed by atoms with Crippen molar-refractivity contribution in [1.29, 1.82) is 0 Å². The molecular formula is C14H14N4O3. The van der Waals surface area contributed by atoms with Gasteiger partial charge in [0.05, 0.1) is 17.2 Å². The third-order valence-electron chi connectivity index (χ3n) is 5.16. The number of nitrogens with zero attached hydrogens (tertiary/aromatic N) is 3. The van der Waals surface area contributed by atoms with E-state index in [0.717, 1.165) is 12.8 Å². The van der Waals surface area contributed by atoms with Crippen LogP contribution in [0.15, 0.2) is 24.7 Å². The van der Waals surface area contributed by atoms with Crippen molar-refractivity contribution in [3.05, 3.63) is 30.2 Å². The van der Waals surface area contributed by atoms with Crippen LogP contribution in [0.4, 0.5) is 0 Å². The molecule has 2 saturated carbocycles. The van der Waals surface area contributed by atoms with Gasteiger partial charge in [0.15, 0.2) is 5.65 Å². The molecule has 2 aliphatic rings. The molecule has 0 aromatic carbocycles. The minimum Gasteiger partial charge on any atom is -0.481 e. The van der Waals surface area contributed by atoms with E-state index in [1.807, 2.05) is 0 Å². The van der Waals surface area contributed by atoms with Gasteiger partial charge in [0.2, 0.25) is 0 Å². The summed E-state index contributed by atoms with van der Waals surface area (Å²) in [7, 11) is 0. The van der Waals surface area contributed by atoms with Crippen molar-refractivity contribution in [1.82, 2.24) is 19.9 Å². The van der Waals surface area contributed by atoms with Gasteiger partial charge in [0.1, 0.15) is 5.56 Å². The molecule has 0 radical (unpaired) electrons. The normalized spacial score (nSPS) is 30.1. The Labute approximate surface area is 120 Å². The largest absolute Gasteiger partial charge is 0.481 e. The topological polar surface area (TPSA) is 96.6 Å². The first-order chi connectivity index (χ1) is 10.1. The van der Waals surface area contributed by atoms with Gasteiger partial charge < -0.3 is 10.4 Å². The lowest BCUT2D eigenvalue weighted by molar-refractivity contribution is -0.186. The average molecular weight is 286 g/mol. The van der Waals surface area contributed by atoms with Crippen molar-refractivity contribution in [3.63, 3.8) is 0 Å². The SMILES string of the molecule is O=C(NC12CCC1(C(=O)O)CC2)c1cnn2cccnc12. The molecule has 21 heavy (non-hydrogen) atoms. The lowest BCUT2D eigenvalue weighted by atomic mass is 9.42. The third-order valence-corrected chi connectivity index (χ3v) is 5.16. The number of rotatable bonds is 3. The van der Waals surface area contributed by atoms with Crippen LogP contribution in [0.2, 0.25) is 0 Å². The fourth-order valence-electron chi connectivity index (χ4n) is 3.64. The van der Waals surface area contributed by atoms with Crippen molar-refractivity contribution >= 4 is 17.5 Å². The summed E-state index contributed by atoms with van der Waals surface area (Å²) in [6, 6.07) is 1.73. The molecule has 2 aromatic rings. The molecule has 0 aliphatic heterocycles. The maximum Gasteiger partial charge on any atom is 0.312 e. The zero-order valence-corrected chi connectivity index (χ0v) is 11.2. The number of carbonyl (C=O) groups excluding carboxylic acids is 1.